The third-order valence-electron chi connectivity index (χ3n) is 11.1. The smallest absolute Gasteiger partial charge is 0.306 e. The molecule has 0 aromatic carbocycles. The number of unbranched alkanes of at least 4 members (excludes halogenated alkanes) is 15. The highest BCUT2D eigenvalue weighted by molar-refractivity contribution is 5.71. The van der Waals surface area contributed by atoms with Crippen molar-refractivity contribution in [2.75, 3.05) is 13.2 Å². The zero-order valence-corrected chi connectivity index (χ0v) is 44.3. The predicted octanol–water partition coefficient (Wildman–Crippen LogP) is 18.6. The normalized spacial score (nSPS) is 12.8. The fourth-order valence-electron chi connectivity index (χ4n) is 6.98. The third-order valence-corrected chi connectivity index (χ3v) is 11.1. The molecule has 0 radical (unpaired) electrons. The zero-order chi connectivity index (χ0) is 50.0. The molecule has 69 heavy (non-hydrogen) atoms. The Labute approximate surface area is 424 Å². The lowest BCUT2D eigenvalue weighted by Crippen LogP contribution is -2.30. The Morgan fingerprint density at radius 1 is 0.304 bits per heavy atom. The SMILES string of the molecule is CC/C=C\C/C=C\C/C=C\C/C=C\C/C=C\CCCC(=O)OC(COC(=O)CCC/C=C\C/C=C\C/C=C\CCCCCCCC)COC(=O)CCC/C=C\C/C=C\C/C=C\CCCCCCCC. The average molecular weight is 953 g/mol. The monoisotopic (exact) mass is 953 g/mol. The van der Waals surface area contributed by atoms with E-state index in [0.717, 1.165) is 77.0 Å². The van der Waals surface area contributed by atoms with Gasteiger partial charge in [-0.05, 0) is 122 Å². The van der Waals surface area contributed by atoms with E-state index < -0.39 is 12.1 Å². The van der Waals surface area contributed by atoms with Gasteiger partial charge >= 0.3 is 17.9 Å². The van der Waals surface area contributed by atoms with Crippen LogP contribution in [0.25, 0.3) is 0 Å². The fourth-order valence-corrected chi connectivity index (χ4v) is 6.98. The summed E-state index contributed by atoms with van der Waals surface area (Å²) in [6, 6.07) is 0. The highest BCUT2D eigenvalue weighted by Gasteiger charge is 2.19. The van der Waals surface area contributed by atoms with E-state index in [1.165, 1.54) is 89.9 Å². The lowest BCUT2D eigenvalue weighted by Gasteiger charge is -2.18. The van der Waals surface area contributed by atoms with Crippen LogP contribution < -0.4 is 0 Å². The molecule has 6 heteroatoms. The van der Waals surface area contributed by atoms with Gasteiger partial charge < -0.3 is 14.2 Å². The number of carbonyl (C=O) groups is 3. The molecule has 6 nitrogen and oxygen atoms in total. The molecule has 0 heterocycles. The zero-order valence-electron chi connectivity index (χ0n) is 44.3. The summed E-state index contributed by atoms with van der Waals surface area (Å²) in [4.78, 5) is 38.0. The van der Waals surface area contributed by atoms with Gasteiger partial charge in [0.25, 0.3) is 0 Å². The molecule has 0 saturated carbocycles. The summed E-state index contributed by atoms with van der Waals surface area (Å²) >= 11 is 0. The second-order valence-electron chi connectivity index (χ2n) is 17.7. The summed E-state index contributed by atoms with van der Waals surface area (Å²) in [7, 11) is 0. The van der Waals surface area contributed by atoms with E-state index in [9.17, 15) is 14.4 Å². The molecule has 0 fully saturated rings. The molecule has 0 bridgehead atoms. The molecule has 0 unspecified atom stereocenters. The number of rotatable bonds is 48. The second-order valence-corrected chi connectivity index (χ2v) is 17.7. The van der Waals surface area contributed by atoms with Crippen LogP contribution in [-0.4, -0.2) is 37.2 Å². The minimum atomic E-state index is -0.853. The highest BCUT2D eigenvalue weighted by Crippen LogP contribution is 2.11. The summed E-state index contributed by atoms with van der Waals surface area (Å²) in [5, 5.41) is 0. The quantitative estimate of drug-likeness (QED) is 0.0262. The van der Waals surface area contributed by atoms with Gasteiger partial charge in [-0.2, -0.15) is 0 Å². The van der Waals surface area contributed by atoms with Crippen molar-refractivity contribution in [2.24, 2.45) is 0 Å². The Kier molecular flexibility index (Phi) is 52.5. The number of esters is 3. The van der Waals surface area contributed by atoms with E-state index >= 15 is 0 Å². The van der Waals surface area contributed by atoms with Crippen LogP contribution in [-0.2, 0) is 28.6 Å². The van der Waals surface area contributed by atoms with Crippen LogP contribution in [0, 0.1) is 0 Å². The molecule has 0 aromatic rings. The lowest BCUT2D eigenvalue weighted by molar-refractivity contribution is -0.166. The van der Waals surface area contributed by atoms with E-state index in [4.69, 9.17) is 14.2 Å². The molecule has 0 amide bonds. The molecule has 0 spiro atoms. The van der Waals surface area contributed by atoms with Gasteiger partial charge in [-0.3, -0.25) is 14.4 Å². The molecule has 0 aliphatic heterocycles. The van der Waals surface area contributed by atoms with E-state index in [2.05, 4.69) is 154 Å². The standard InChI is InChI=1S/C63H100O6/c1-4-7-10-13-16-19-22-25-28-31-34-37-40-43-46-49-52-55-61(64)67-58-60(69-63(66)57-54-51-48-45-42-39-36-33-30-27-24-21-18-15-12-9-6-3)59-68-62(65)56-53-50-47-44-41-38-35-32-29-26-23-20-17-14-11-8-5-2/h9,12,18,21,25-30,34-39,43-48,60H,4-8,10-11,13-17,19-20,22-24,31-33,40-42,49-59H2,1-3H3/b12-9-,21-18-,28-25-,29-26-,30-27-,37-34-,38-35-,39-36-,46-43-,47-44-,48-45-. The van der Waals surface area contributed by atoms with Gasteiger partial charge in [0.1, 0.15) is 13.2 Å². The highest BCUT2D eigenvalue weighted by atomic mass is 16.6. The van der Waals surface area contributed by atoms with Gasteiger partial charge in [0.15, 0.2) is 6.10 Å². The maximum absolute atomic E-state index is 12.8. The van der Waals surface area contributed by atoms with Crippen LogP contribution in [0.2, 0.25) is 0 Å². The average Bonchev–Trinajstić information content (AvgIpc) is 3.35. The van der Waals surface area contributed by atoms with E-state index in [0.29, 0.717) is 19.3 Å². The summed E-state index contributed by atoms with van der Waals surface area (Å²) in [5.74, 6) is -1.11. The van der Waals surface area contributed by atoms with Gasteiger partial charge in [-0.1, -0.05) is 219 Å². The van der Waals surface area contributed by atoms with E-state index in [1.54, 1.807) is 0 Å². The van der Waals surface area contributed by atoms with Gasteiger partial charge in [0.05, 0.1) is 0 Å². The van der Waals surface area contributed by atoms with Crippen molar-refractivity contribution in [3.8, 4) is 0 Å². The largest absolute Gasteiger partial charge is 0.462 e. The molecule has 0 rings (SSSR count). The first-order chi connectivity index (χ1) is 34.0. The van der Waals surface area contributed by atoms with E-state index in [1.807, 2.05) is 0 Å². The summed E-state index contributed by atoms with van der Waals surface area (Å²) in [6.45, 7) is 6.36. The maximum Gasteiger partial charge on any atom is 0.306 e. The van der Waals surface area contributed by atoms with Crippen LogP contribution >= 0.6 is 0 Å². The van der Waals surface area contributed by atoms with Crippen LogP contribution in [0.3, 0.4) is 0 Å². The molecule has 388 valence electrons. The molecular weight excluding hydrogens is 853 g/mol. The van der Waals surface area contributed by atoms with Crippen molar-refractivity contribution in [3.05, 3.63) is 134 Å². The lowest BCUT2D eigenvalue weighted by atomic mass is 10.1. The molecule has 0 aliphatic carbocycles. The summed E-state index contributed by atoms with van der Waals surface area (Å²) < 4.78 is 16.7. The van der Waals surface area contributed by atoms with Crippen LogP contribution in [0.5, 0.6) is 0 Å². The molecule has 0 atom stereocenters. The van der Waals surface area contributed by atoms with Gasteiger partial charge in [0.2, 0.25) is 0 Å². The minimum absolute atomic E-state index is 0.147. The minimum Gasteiger partial charge on any atom is -0.462 e. The number of allylic oxidation sites excluding steroid dienone is 22. The summed E-state index contributed by atoms with van der Waals surface area (Å²) in [6.07, 6.45) is 78.9. The Morgan fingerprint density at radius 3 is 0.884 bits per heavy atom. The topological polar surface area (TPSA) is 78.9 Å². The van der Waals surface area contributed by atoms with Crippen LogP contribution in [0.4, 0.5) is 0 Å². The molecular formula is C63H100O6. The van der Waals surface area contributed by atoms with Crippen molar-refractivity contribution in [1.29, 1.82) is 0 Å². The predicted molar refractivity (Wildman–Crippen MR) is 297 cm³/mol. The Hall–Kier alpha value is -4.45. The van der Waals surface area contributed by atoms with Crippen molar-refractivity contribution in [1.82, 2.24) is 0 Å². The van der Waals surface area contributed by atoms with Gasteiger partial charge in [0, 0.05) is 19.3 Å². The van der Waals surface area contributed by atoms with Gasteiger partial charge in [-0.15, -0.1) is 0 Å². The Balaban J connectivity index is 4.65. The third kappa shape index (κ3) is 54.4. The van der Waals surface area contributed by atoms with E-state index in [-0.39, 0.29) is 44.4 Å². The first-order valence-corrected chi connectivity index (χ1v) is 27.7. The molecule has 0 aliphatic rings. The Bertz CT molecular complexity index is 1440. The number of ether oxygens (including phenoxy) is 3. The van der Waals surface area contributed by atoms with Crippen molar-refractivity contribution in [3.63, 3.8) is 0 Å². The number of hydrogen-bond acceptors (Lipinski definition) is 6. The summed E-state index contributed by atoms with van der Waals surface area (Å²) in [5.41, 5.74) is 0. The second kappa shape index (κ2) is 56.1. The molecule has 0 saturated heterocycles. The molecule has 0 N–H and O–H groups in total. The Morgan fingerprint density at radius 2 is 0.565 bits per heavy atom. The number of hydrogen-bond donors (Lipinski definition) is 0. The first kappa shape index (κ1) is 64.5. The van der Waals surface area contributed by atoms with Gasteiger partial charge in [-0.25, -0.2) is 0 Å². The van der Waals surface area contributed by atoms with Crippen molar-refractivity contribution >= 4 is 17.9 Å². The molecule has 0 aromatic heterocycles. The van der Waals surface area contributed by atoms with Crippen LogP contribution in [0.1, 0.15) is 226 Å². The van der Waals surface area contributed by atoms with Crippen LogP contribution in [0.15, 0.2) is 134 Å². The van der Waals surface area contributed by atoms with Crippen molar-refractivity contribution in [2.45, 2.75) is 232 Å². The first-order valence-electron chi connectivity index (χ1n) is 27.7. The number of carbonyl (C=O) groups excluding carboxylic acids is 3. The van der Waals surface area contributed by atoms with Crippen molar-refractivity contribution < 1.29 is 28.6 Å². The fraction of sp³-hybridized carbons (Fsp3) is 0.603. The maximum atomic E-state index is 12.8.